The van der Waals surface area contributed by atoms with Gasteiger partial charge in [-0.25, -0.2) is 4.39 Å². The van der Waals surface area contributed by atoms with Crippen molar-refractivity contribution in [3.63, 3.8) is 0 Å². The summed E-state index contributed by atoms with van der Waals surface area (Å²) in [6, 6.07) is 6.48. The van der Waals surface area contributed by atoms with Crippen molar-refractivity contribution >= 4 is 17.4 Å². The molecule has 1 aromatic carbocycles. The lowest BCUT2D eigenvalue weighted by atomic mass is 10.1. The Morgan fingerprint density at radius 3 is 2.76 bits per heavy atom. The lowest BCUT2D eigenvalue weighted by Gasteiger charge is -2.13. The van der Waals surface area contributed by atoms with E-state index in [1.807, 2.05) is 13.8 Å². The Balaban J connectivity index is 1.85. The molecule has 4 nitrogen and oxygen atoms in total. The fourth-order valence-electron chi connectivity index (χ4n) is 2.01. The minimum atomic E-state index is -0.232. The third-order valence-electron chi connectivity index (χ3n) is 3.25. The summed E-state index contributed by atoms with van der Waals surface area (Å²) in [4.78, 5) is 12.7. The van der Waals surface area contributed by atoms with E-state index in [9.17, 15) is 9.18 Å². The van der Waals surface area contributed by atoms with Crippen molar-refractivity contribution in [1.82, 2.24) is 14.9 Å². The van der Waals surface area contributed by atoms with Crippen LogP contribution in [0.3, 0.4) is 0 Å². The smallest absolute Gasteiger partial charge is 0.265 e. The van der Waals surface area contributed by atoms with Gasteiger partial charge in [-0.2, -0.15) is 0 Å². The Labute approximate surface area is 127 Å². The zero-order chi connectivity index (χ0) is 15.2. The van der Waals surface area contributed by atoms with Crippen LogP contribution < -0.4 is 5.32 Å². The van der Waals surface area contributed by atoms with E-state index < -0.39 is 0 Å². The average molecular weight is 307 g/mol. The van der Waals surface area contributed by atoms with Crippen LogP contribution in [0.25, 0.3) is 0 Å². The Kier molecular flexibility index (Phi) is 5.38. The van der Waals surface area contributed by atoms with Crippen LogP contribution in [0.2, 0.25) is 0 Å². The van der Waals surface area contributed by atoms with Crippen LogP contribution in [0.15, 0.2) is 24.3 Å². The van der Waals surface area contributed by atoms with Crippen LogP contribution in [0.1, 0.15) is 41.2 Å². The number of benzene rings is 1. The highest BCUT2D eigenvalue weighted by molar-refractivity contribution is 7.08. The van der Waals surface area contributed by atoms with Crippen molar-refractivity contribution in [3.8, 4) is 0 Å². The molecular weight excluding hydrogens is 289 g/mol. The number of hydrogen-bond acceptors (Lipinski definition) is 4. The molecule has 1 atom stereocenters. The highest BCUT2D eigenvalue weighted by Gasteiger charge is 2.16. The fraction of sp³-hybridized carbons (Fsp3) is 0.400. The first-order valence-corrected chi connectivity index (χ1v) is 7.74. The molecule has 0 aliphatic carbocycles. The van der Waals surface area contributed by atoms with Crippen molar-refractivity contribution < 1.29 is 9.18 Å². The van der Waals surface area contributed by atoms with E-state index >= 15 is 0 Å². The van der Waals surface area contributed by atoms with Crippen molar-refractivity contribution in [2.24, 2.45) is 0 Å². The Bertz CT molecular complexity index is 597. The summed E-state index contributed by atoms with van der Waals surface area (Å²) in [6.45, 7) is 3.91. The molecule has 0 aliphatic heterocycles. The zero-order valence-electron chi connectivity index (χ0n) is 12.1. The van der Waals surface area contributed by atoms with E-state index in [4.69, 9.17) is 0 Å². The van der Waals surface area contributed by atoms with Crippen molar-refractivity contribution in [3.05, 3.63) is 46.2 Å². The topological polar surface area (TPSA) is 54.9 Å². The van der Waals surface area contributed by atoms with Crippen molar-refractivity contribution in [2.75, 3.05) is 0 Å². The first-order chi connectivity index (χ1) is 10.1. The van der Waals surface area contributed by atoms with Crippen LogP contribution >= 0.6 is 11.5 Å². The van der Waals surface area contributed by atoms with Gasteiger partial charge in [-0.1, -0.05) is 23.5 Å². The average Bonchev–Trinajstić information content (AvgIpc) is 2.95. The molecule has 0 aliphatic rings. The van der Waals surface area contributed by atoms with Gasteiger partial charge in [0.15, 0.2) is 0 Å². The number of aromatic nitrogens is 2. The second-order valence-electron chi connectivity index (χ2n) is 4.94. The Hall–Kier alpha value is -1.82. The number of halogens is 1. The molecule has 0 radical (unpaired) electrons. The third-order valence-corrected chi connectivity index (χ3v) is 4.02. The SMILES string of the molecule is CCc1nnsc1C(=O)NC(C)CCc1ccc(F)cc1. The van der Waals surface area contributed by atoms with Gasteiger partial charge in [-0.3, -0.25) is 4.79 Å². The van der Waals surface area contributed by atoms with Gasteiger partial charge in [0.05, 0.1) is 5.69 Å². The molecule has 6 heteroatoms. The number of nitrogens with one attached hydrogen (secondary N) is 1. The van der Waals surface area contributed by atoms with Gasteiger partial charge < -0.3 is 5.32 Å². The highest BCUT2D eigenvalue weighted by Crippen LogP contribution is 2.12. The number of nitrogens with zero attached hydrogens (tertiary/aromatic N) is 2. The second-order valence-corrected chi connectivity index (χ2v) is 5.70. The summed E-state index contributed by atoms with van der Waals surface area (Å²) in [5, 5.41) is 6.89. The largest absolute Gasteiger partial charge is 0.349 e. The molecule has 0 spiro atoms. The summed E-state index contributed by atoms with van der Waals surface area (Å²) >= 11 is 1.13. The molecule has 1 amide bonds. The third kappa shape index (κ3) is 4.32. The summed E-state index contributed by atoms with van der Waals surface area (Å²) in [5.41, 5.74) is 1.80. The van der Waals surface area contributed by atoms with Crippen molar-refractivity contribution in [2.45, 2.75) is 39.2 Å². The van der Waals surface area contributed by atoms with E-state index in [2.05, 4.69) is 14.9 Å². The first-order valence-electron chi connectivity index (χ1n) is 6.96. The summed E-state index contributed by atoms with van der Waals surface area (Å²) in [6.07, 6.45) is 2.29. The standard InChI is InChI=1S/C15H18FN3OS/c1-3-13-14(21-19-18-13)15(20)17-10(2)4-5-11-6-8-12(16)9-7-11/h6-10H,3-5H2,1-2H3,(H,17,20). The van der Waals surface area contributed by atoms with Crippen LogP contribution in [-0.4, -0.2) is 21.5 Å². The quantitative estimate of drug-likeness (QED) is 0.892. The minimum absolute atomic E-state index is 0.0364. The van der Waals surface area contributed by atoms with Gasteiger partial charge >= 0.3 is 0 Å². The molecular formula is C15H18FN3OS. The van der Waals surface area contributed by atoms with Crippen LogP contribution in [0.5, 0.6) is 0 Å². The van der Waals surface area contributed by atoms with Crippen molar-refractivity contribution in [1.29, 1.82) is 0 Å². The summed E-state index contributed by atoms with van der Waals surface area (Å²) in [7, 11) is 0. The van der Waals surface area contributed by atoms with Gasteiger partial charge in [0.1, 0.15) is 10.7 Å². The number of aryl methyl sites for hydroxylation is 2. The van der Waals surface area contributed by atoms with Gasteiger partial charge in [0.2, 0.25) is 0 Å². The van der Waals surface area contributed by atoms with Crippen LogP contribution in [-0.2, 0) is 12.8 Å². The molecule has 0 fully saturated rings. The van der Waals surface area contributed by atoms with Gasteiger partial charge in [-0.05, 0) is 55.4 Å². The first kappa shape index (κ1) is 15.6. The van der Waals surface area contributed by atoms with E-state index in [-0.39, 0.29) is 17.8 Å². The van der Waals surface area contributed by atoms with Gasteiger partial charge in [0, 0.05) is 6.04 Å². The van der Waals surface area contributed by atoms with E-state index in [0.717, 1.165) is 35.6 Å². The predicted molar refractivity (Wildman–Crippen MR) is 80.9 cm³/mol. The molecule has 0 saturated carbocycles. The molecule has 1 aromatic heterocycles. The molecule has 1 unspecified atom stereocenters. The molecule has 2 aromatic rings. The van der Waals surface area contributed by atoms with E-state index in [1.54, 1.807) is 12.1 Å². The Morgan fingerprint density at radius 1 is 1.38 bits per heavy atom. The van der Waals surface area contributed by atoms with Gasteiger partial charge in [-0.15, -0.1) is 5.10 Å². The maximum Gasteiger partial charge on any atom is 0.265 e. The second kappa shape index (κ2) is 7.26. The lowest BCUT2D eigenvalue weighted by molar-refractivity contribution is 0.0941. The number of carbonyl (C=O) groups is 1. The van der Waals surface area contributed by atoms with Gasteiger partial charge in [0.25, 0.3) is 5.91 Å². The number of amides is 1. The van der Waals surface area contributed by atoms with E-state index in [1.165, 1.54) is 12.1 Å². The molecule has 1 heterocycles. The normalized spacial score (nSPS) is 12.1. The maximum absolute atomic E-state index is 12.8. The highest BCUT2D eigenvalue weighted by atomic mass is 32.1. The zero-order valence-corrected chi connectivity index (χ0v) is 12.9. The van der Waals surface area contributed by atoms with Crippen LogP contribution in [0.4, 0.5) is 4.39 Å². The summed E-state index contributed by atoms with van der Waals surface area (Å²) < 4.78 is 16.6. The van der Waals surface area contributed by atoms with Crippen LogP contribution in [0, 0.1) is 5.82 Å². The number of hydrogen-bond donors (Lipinski definition) is 1. The number of rotatable bonds is 6. The Morgan fingerprint density at radius 2 is 2.10 bits per heavy atom. The maximum atomic E-state index is 12.8. The molecule has 112 valence electrons. The number of carbonyl (C=O) groups excluding carboxylic acids is 1. The molecule has 2 rings (SSSR count). The lowest BCUT2D eigenvalue weighted by Crippen LogP contribution is -2.32. The van der Waals surface area contributed by atoms with E-state index in [0.29, 0.717) is 11.3 Å². The minimum Gasteiger partial charge on any atom is -0.349 e. The molecule has 0 saturated heterocycles. The monoisotopic (exact) mass is 307 g/mol. The summed E-state index contributed by atoms with van der Waals surface area (Å²) in [5.74, 6) is -0.349. The molecule has 1 N–H and O–H groups in total. The predicted octanol–water partition coefficient (Wildman–Crippen LogP) is 2.99. The fourth-order valence-corrected chi connectivity index (χ4v) is 2.66. The molecule has 0 bridgehead atoms. The molecule has 21 heavy (non-hydrogen) atoms.